The number of amides is 2. The Balaban J connectivity index is 1.70. The van der Waals surface area contributed by atoms with Crippen molar-refractivity contribution in [3.63, 3.8) is 0 Å². The minimum absolute atomic E-state index is 0.0176. The van der Waals surface area contributed by atoms with Gasteiger partial charge in [-0.05, 0) is 50.7 Å². The quantitative estimate of drug-likeness (QED) is 0.881. The Labute approximate surface area is 136 Å². The van der Waals surface area contributed by atoms with E-state index in [1.165, 1.54) is 12.1 Å². The number of fused-ring (bicyclic) bond motifs is 3. The van der Waals surface area contributed by atoms with Crippen molar-refractivity contribution in [3.05, 3.63) is 17.8 Å². The molecular weight excluding hydrogens is 325 g/mol. The second-order valence-electron chi connectivity index (χ2n) is 6.68. The number of anilines is 1. The third-order valence-electron chi connectivity index (χ3n) is 5.49. The standard InChI is InChI=1S/C15H17F3N4O2/c16-15(17,18)14-6-3-13(4-7-14,5-8-14)12(24)20-10-2-1-9(11(19)23)21-22-10/h1-2H,3-8H2,(H2,19,23)(H,20,22,24). The summed E-state index contributed by atoms with van der Waals surface area (Å²) >= 11 is 0. The number of alkyl halides is 3. The van der Waals surface area contributed by atoms with Crippen LogP contribution in [0, 0.1) is 10.8 Å². The Morgan fingerprint density at radius 1 is 1.04 bits per heavy atom. The van der Waals surface area contributed by atoms with Gasteiger partial charge in [-0.1, -0.05) is 0 Å². The van der Waals surface area contributed by atoms with E-state index >= 15 is 0 Å². The van der Waals surface area contributed by atoms with Crippen molar-refractivity contribution in [2.75, 3.05) is 5.32 Å². The first-order valence-electron chi connectivity index (χ1n) is 7.69. The highest BCUT2D eigenvalue weighted by atomic mass is 19.4. The average Bonchev–Trinajstić information content (AvgIpc) is 2.56. The predicted molar refractivity (Wildman–Crippen MR) is 77.8 cm³/mol. The molecular formula is C15H17F3N4O2. The van der Waals surface area contributed by atoms with E-state index in [-0.39, 0.29) is 55.9 Å². The topological polar surface area (TPSA) is 98.0 Å². The molecule has 130 valence electrons. The van der Waals surface area contributed by atoms with Gasteiger partial charge in [0.15, 0.2) is 11.5 Å². The second-order valence-corrected chi connectivity index (χ2v) is 6.68. The van der Waals surface area contributed by atoms with Gasteiger partial charge >= 0.3 is 6.18 Å². The molecule has 0 unspecified atom stereocenters. The van der Waals surface area contributed by atoms with Gasteiger partial charge in [0.05, 0.1) is 5.41 Å². The fraction of sp³-hybridized carbons (Fsp3) is 0.600. The molecule has 2 amide bonds. The molecule has 3 aliphatic rings. The molecule has 0 aromatic carbocycles. The summed E-state index contributed by atoms with van der Waals surface area (Å²) in [6.07, 6.45) is -3.63. The molecule has 3 aliphatic carbocycles. The summed E-state index contributed by atoms with van der Waals surface area (Å²) in [6.45, 7) is 0. The zero-order chi connectivity index (χ0) is 17.6. The Kier molecular flexibility index (Phi) is 3.76. The monoisotopic (exact) mass is 342 g/mol. The van der Waals surface area contributed by atoms with E-state index in [1.807, 2.05) is 0 Å². The van der Waals surface area contributed by atoms with Gasteiger partial charge in [0.2, 0.25) is 5.91 Å². The van der Waals surface area contributed by atoms with Gasteiger partial charge in [0.25, 0.3) is 5.91 Å². The highest BCUT2D eigenvalue weighted by molar-refractivity contribution is 5.95. The summed E-state index contributed by atoms with van der Waals surface area (Å²) < 4.78 is 39.7. The summed E-state index contributed by atoms with van der Waals surface area (Å²) in [5, 5.41) is 9.89. The minimum atomic E-state index is -4.22. The summed E-state index contributed by atoms with van der Waals surface area (Å²) in [7, 11) is 0. The lowest BCUT2D eigenvalue weighted by atomic mass is 9.53. The van der Waals surface area contributed by atoms with Gasteiger partial charge in [-0.25, -0.2) is 0 Å². The molecule has 0 aliphatic heterocycles. The van der Waals surface area contributed by atoms with Crippen molar-refractivity contribution in [3.8, 4) is 0 Å². The normalized spacial score (nSPS) is 29.3. The number of rotatable bonds is 3. The molecule has 4 rings (SSSR count). The zero-order valence-electron chi connectivity index (χ0n) is 12.8. The Hall–Kier alpha value is -2.19. The number of aromatic nitrogens is 2. The lowest BCUT2D eigenvalue weighted by Gasteiger charge is -2.52. The molecule has 2 bridgehead atoms. The molecule has 3 fully saturated rings. The molecule has 0 radical (unpaired) electrons. The molecule has 0 saturated heterocycles. The maximum atomic E-state index is 13.2. The molecule has 9 heteroatoms. The number of carbonyl (C=O) groups is 2. The number of carbonyl (C=O) groups excluding carboxylic acids is 2. The van der Waals surface area contributed by atoms with Crippen LogP contribution in [0.1, 0.15) is 49.0 Å². The van der Waals surface area contributed by atoms with Crippen molar-refractivity contribution in [1.29, 1.82) is 0 Å². The third kappa shape index (κ3) is 2.61. The van der Waals surface area contributed by atoms with Gasteiger partial charge in [-0.2, -0.15) is 13.2 Å². The van der Waals surface area contributed by atoms with Crippen LogP contribution in [-0.2, 0) is 4.79 Å². The van der Waals surface area contributed by atoms with Gasteiger partial charge in [-0.3, -0.25) is 9.59 Å². The van der Waals surface area contributed by atoms with Crippen LogP contribution >= 0.6 is 0 Å². The number of nitrogens with two attached hydrogens (primary N) is 1. The van der Waals surface area contributed by atoms with Crippen molar-refractivity contribution in [1.82, 2.24) is 10.2 Å². The largest absolute Gasteiger partial charge is 0.394 e. The molecule has 3 N–H and O–H groups in total. The zero-order valence-corrected chi connectivity index (χ0v) is 12.8. The number of hydrogen-bond acceptors (Lipinski definition) is 4. The Bertz CT molecular complexity index is 648. The van der Waals surface area contributed by atoms with E-state index in [4.69, 9.17) is 5.73 Å². The molecule has 1 heterocycles. The Morgan fingerprint density at radius 3 is 2.04 bits per heavy atom. The lowest BCUT2D eigenvalue weighted by molar-refractivity contribution is -0.258. The number of nitrogens with zero attached hydrogens (tertiary/aromatic N) is 2. The first-order valence-corrected chi connectivity index (χ1v) is 7.69. The van der Waals surface area contributed by atoms with Gasteiger partial charge in [-0.15, -0.1) is 10.2 Å². The molecule has 6 nitrogen and oxygen atoms in total. The second kappa shape index (κ2) is 5.42. The lowest BCUT2D eigenvalue weighted by Crippen LogP contribution is -2.53. The van der Waals surface area contributed by atoms with Gasteiger partial charge in [0, 0.05) is 5.41 Å². The van der Waals surface area contributed by atoms with Crippen LogP contribution in [0.5, 0.6) is 0 Å². The predicted octanol–water partition coefficient (Wildman–Crippen LogP) is 2.42. The van der Waals surface area contributed by atoms with E-state index in [0.29, 0.717) is 0 Å². The molecule has 1 aromatic heterocycles. The van der Waals surface area contributed by atoms with Crippen LogP contribution in [0.3, 0.4) is 0 Å². The van der Waals surface area contributed by atoms with Crippen molar-refractivity contribution in [2.24, 2.45) is 16.6 Å². The van der Waals surface area contributed by atoms with E-state index in [2.05, 4.69) is 15.5 Å². The van der Waals surface area contributed by atoms with Crippen molar-refractivity contribution >= 4 is 17.6 Å². The highest BCUT2D eigenvalue weighted by Crippen LogP contribution is 2.62. The fourth-order valence-corrected chi connectivity index (χ4v) is 3.73. The summed E-state index contributed by atoms with van der Waals surface area (Å²) in [5.41, 5.74) is 2.62. The van der Waals surface area contributed by atoms with Crippen LogP contribution in [0.4, 0.5) is 19.0 Å². The van der Waals surface area contributed by atoms with Crippen molar-refractivity contribution < 1.29 is 22.8 Å². The SMILES string of the molecule is NC(=O)c1ccc(NC(=O)C23CCC(C(F)(F)F)(CC2)CC3)nn1. The molecule has 0 atom stereocenters. The van der Waals surface area contributed by atoms with Gasteiger partial charge < -0.3 is 11.1 Å². The maximum Gasteiger partial charge on any atom is 0.394 e. The highest BCUT2D eigenvalue weighted by Gasteiger charge is 2.62. The van der Waals surface area contributed by atoms with Crippen LogP contribution in [0.15, 0.2) is 12.1 Å². The molecule has 0 spiro atoms. The molecule has 1 aromatic rings. The van der Waals surface area contributed by atoms with Gasteiger partial charge in [0.1, 0.15) is 0 Å². The minimum Gasteiger partial charge on any atom is -0.364 e. The fourth-order valence-electron chi connectivity index (χ4n) is 3.73. The Morgan fingerprint density at radius 2 is 1.62 bits per heavy atom. The van der Waals surface area contributed by atoms with Crippen LogP contribution in [-0.4, -0.2) is 28.2 Å². The number of nitrogens with one attached hydrogen (secondary N) is 1. The van der Waals surface area contributed by atoms with E-state index < -0.39 is 22.9 Å². The molecule has 3 saturated carbocycles. The van der Waals surface area contributed by atoms with E-state index in [9.17, 15) is 22.8 Å². The smallest absolute Gasteiger partial charge is 0.364 e. The maximum absolute atomic E-state index is 13.2. The summed E-state index contributed by atoms with van der Waals surface area (Å²) in [6, 6.07) is 2.73. The van der Waals surface area contributed by atoms with Crippen LogP contribution in [0.25, 0.3) is 0 Å². The molecule has 24 heavy (non-hydrogen) atoms. The summed E-state index contributed by atoms with van der Waals surface area (Å²) in [5.74, 6) is -0.918. The number of hydrogen-bond donors (Lipinski definition) is 2. The summed E-state index contributed by atoms with van der Waals surface area (Å²) in [4.78, 5) is 23.5. The van der Waals surface area contributed by atoms with E-state index in [1.54, 1.807) is 0 Å². The third-order valence-corrected chi connectivity index (χ3v) is 5.49. The van der Waals surface area contributed by atoms with Crippen molar-refractivity contribution in [2.45, 2.75) is 44.7 Å². The first-order chi connectivity index (χ1) is 11.2. The van der Waals surface area contributed by atoms with Crippen LogP contribution in [0.2, 0.25) is 0 Å². The average molecular weight is 342 g/mol. The number of primary amides is 1. The van der Waals surface area contributed by atoms with E-state index in [0.717, 1.165) is 0 Å². The number of halogens is 3. The van der Waals surface area contributed by atoms with Crippen LogP contribution < -0.4 is 11.1 Å². The first kappa shape index (κ1) is 16.7.